The molecule has 0 spiro atoms. The lowest BCUT2D eigenvalue weighted by Gasteiger charge is -2.18. The van der Waals surface area contributed by atoms with Crippen molar-refractivity contribution in [3.63, 3.8) is 0 Å². The second kappa shape index (κ2) is 9.20. The number of fused-ring (bicyclic) bond motifs is 1. The van der Waals surface area contributed by atoms with Crippen molar-refractivity contribution in [2.75, 3.05) is 11.9 Å². The van der Waals surface area contributed by atoms with Crippen LogP contribution >= 0.6 is 0 Å². The molecule has 1 atom stereocenters. The second-order valence-corrected chi connectivity index (χ2v) is 6.39. The van der Waals surface area contributed by atoms with Crippen molar-refractivity contribution < 1.29 is 14.5 Å². The number of nitro groups is 1. The molecule has 10 heteroatoms. The number of non-ortho nitro benzene ring substituents is 1. The van der Waals surface area contributed by atoms with Gasteiger partial charge in [-0.25, -0.2) is 4.79 Å². The zero-order valence-electron chi connectivity index (χ0n) is 15.7. The molecule has 1 heterocycles. The molecule has 30 heavy (non-hydrogen) atoms. The molecule has 0 aliphatic carbocycles. The standard InChI is InChI=1S/C20H18N6O4/c21-9-10-22-19(27)18(11-13-12-23-17-4-2-1-3-16(13)17)25-20(28)24-14-5-7-15(8-6-14)26(29)30/h1-8,12,18,23H,10-11H2,(H,22,27)(H2,24,25,28). The maximum absolute atomic E-state index is 12.5. The maximum Gasteiger partial charge on any atom is 0.319 e. The summed E-state index contributed by atoms with van der Waals surface area (Å²) in [6.07, 6.45) is 1.97. The number of hydrogen-bond acceptors (Lipinski definition) is 5. The molecule has 1 aromatic heterocycles. The van der Waals surface area contributed by atoms with Crippen LogP contribution in [-0.2, 0) is 11.2 Å². The number of nitriles is 1. The van der Waals surface area contributed by atoms with E-state index in [1.165, 1.54) is 24.3 Å². The third-order valence-corrected chi connectivity index (χ3v) is 4.40. The number of H-pyrrole nitrogens is 1. The van der Waals surface area contributed by atoms with Crippen molar-refractivity contribution in [3.05, 3.63) is 70.4 Å². The van der Waals surface area contributed by atoms with Crippen LogP contribution in [0.2, 0.25) is 0 Å². The Morgan fingerprint density at radius 1 is 1.17 bits per heavy atom. The summed E-state index contributed by atoms with van der Waals surface area (Å²) in [5.41, 5.74) is 1.97. The number of aromatic nitrogens is 1. The number of benzene rings is 2. The first-order chi connectivity index (χ1) is 14.5. The van der Waals surface area contributed by atoms with E-state index < -0.39 is 22.9 Å². The van der Waals surface area contributed by atoms with Gasteiger partial charge in [-0.2, -0.15) is 5.26 Å². The van der Waals surface area contributed by atoms with Gasteiger partial charge in [0.05, 0.1) is 11.0 Å². The van der Waals surface area contributed by atoms with E-state index in [4.69, 9.17) is 5.26 Å². The van der Waals surface area contributed by atoms with E-state index in [-0.39, 0.29) is 18.7 Å². The largest absolute Gasteiger partial charge is 0.361 e. The van der Waals surface area contributed by atoms with Gasteiger partial charge in [0.1, 0.15) is 12.6 Å². The number of aromatic amines is 1. The lowest BCUT2D eigenvalue weighted by molar-refractivity contribution is -0.384. The van der Waals surface area contributed by atoms with Crippen LogP contribution in [0.15, 0.2) is 54.7 Å². The van der Waals surface area contributed by atoms with Gasteiger partial charge in [0, 0.05) is 41.3 Å². The molecule has 0 radical (unpaired) electrons. The average Bonchev–Trinajstić information content (AvgIpc) is 3.15. The number of rotatable bonds is 7. The third kappa shape index (κ3) is 4.90. The first kappa shape index (κ1) is 20.3. The molecule has 3 amide bonds. The summed E-state index contributed by atoms with van der Waals surface area (Å²) in [5.74, 6) is -0.499. The summed E-state index contributed by atoms with van der Waals surface area (Å²) >= 11 is 0. The molecule has 152 valence electrons. The van der Waals surface area contributed by atoms with Crippen LogP contribution < -0.4 is 16.0 Å². The Labute approximate surface area is 171 Å². The van der Waals surface area contributed by atoms with Gasteiger partial charge in [-0.05, 0) is 23.8 Å². The van der Waals surface area contributed by atoms with Gasteiger partial charge in [0.15, 0.2) is 0 Å². The minimum absolute atomic E-state index is 0.103. The Kier molecular flexibility index (Phi) is 6.24. The minimum atomic E-state index is -0.935. The predicted octanol–water partition coefficient (Wildman–Crippen LogP) is 2.45. The highest BCUT2D eigenvalue weighted by Crippen LogP contribution is 2.19. The predicted molar refractivity (Wildman–Crippen MR) is 110 cm³/mol. The first-order valence-electron chi connectivity index (χ1n) is 8.99. The zero-order chi connectivity index (χ0) is 21.5. The summed E-state index contributed by atoms with van der Waals surface area (Å²) in [6, 6.07) is 13.1. The van der Waals surface area contributed by atoms with E-state index in [9.17, 15) is 19.7 Å². The molecule has 0 aliphatic rings. The van der Waals surface area contributed by atoms with Crippen LogP contribution in [-0.4, -0.2) is 34.4 Å². The smallest absolute Gasteiger partial charge is 0.319 e. The van der Waals surface area contributed by atoms with Crippen molar-refractivity contribution in [1.82, 2.24) is 15.6 Å². The van der Waals surface area contributed by atoms with E-state index in [0.717, 1.165) is 16.5 Å². The number of anilines is 1. The monoisotopic (exact) mass is 406 g/mol. The number of hydrogen-bond donors (Lipinski definition) is 4. The fraction of sp³-hybridized carbons (Fsp3) is 0.150. The SMILES string of the molecule is N#CCNC(=O)C(Cc1c[nH]c2ccccc12)NC(=O)Nc1ccc([N+](=O)[O-])cc1. The summed E-state index contributed by atoms with van der Waals surface area (Å²) in [7, 11) is 0. The molecule has 0 saturated carbocycles. The highest BCUT2D eigenvalue weighted by Gasteiger charge is 2.22. The molecule has 0 bridgehead atoms. The highest BCUT2D eigenvalue weighted by atomic mass is 16.6. The van der Waals surface area contributed by atoms with Crippen molar-refractivity contribution in [2.24, 2.45) is 0 Å². The van der Waals surface area contributed by atoms with E-state index in [1.54, 1.807) is 6.20 Å². The van der Waals surface area contributed by atoms with Crippen LogP contribution in [0.5, 0.6) is 0 Å². The van der Waals surface area contributed by atoms with E-state index >= 15 is 0 Å². The van der Waals surface area contributed by atoms with Crippen LogP contribution in [0.25, 0.3) is 10.9 Å². The van der Waals surface area contributed by atoms with E-state index in [1.807, 2.05) is 30.3 Å². The molecule has 0 aliphatic heterocycles. The first-order valence-corrected chi connectivity index (χ1v) is 8.99. The fourth-order valence-corrected chi connectivity index (χ4v) is 2.97. The van der Waals surface area contributed by atoms with Crippen molar-refractivity contribution in [1.29, 1.82) is 5.26 Å². The van der Waals surface area contributed by atoms with Gasteiger partial charge in [-0.15, -0.1) is 0 Å². The summed E-state index contributed by atoms with van der Waals surface area (Å²) in [4.78, 5) is 38.2. The molecule has 10 nitrogen and oxygen atoms in total. The van der Waals surface area contributed by atoms with E-state index in [2.05, 4.69) is 20.9 Å². The Hall–Kier alpha value is -4.39. The third-order valence-electron chi connectivity index (χ3n) is 4.40. The lowest BCUT2D eigenvalue weighted by Crippen LogP contribution is -2.49. The van der Waals surface area contributed by atoms with Crippen LogP contribution in [0.4, 0.5) is 16.2 Å². The molecule has 3 aromatic rings. The topological polar surface area (TPSA) is 153 Å². The molecule has 4 N–H and O–H groups in total. The molecular formula is C20H18N6O4. The average molecular weight is 406 g/mol. The van der Waals surface area contributed by atoms with Crippen molar-refractivity contribution in [2.45, 2.75) is 12.5 Å². The Bertz CT molecular complexity index is 1120. The molecule has 3 rings (SSSR count). The van der Waals surface area contributed by atoms with Gasteiger partial charge in [-0.3, -0.25) is 14.9 Å². The number of nitrogens with one attached hydrogen (secondary N) is 4. The Balaban J connectivity index is 1.73. The summed E-state index contributed by atoms with van der Waals surface area (Å²) < 4.78 is 0. The lowest BCUT2D eigenvalue weighted by atomic mass is 10.0. The number of nitro benzene ring substituents is 1. The number of carbonyl (C=O) groups excluding carboxylic acids is 2. The van der Waals surface area contributed by atoms with Crippen LogP contribution in [0, 0.1) is 21.4 Å². The van der Waals surface area contributed by atoms with E-state index in [0.29, 0.717) is 5.69 Å². The Morgan fingerprint density at radius 3 is 2.60 bits per heavy atom. The van der Waals surface area contributed by atoms with Crippen molar-refractivity contribution in [3.8, 4) is 6.07 Å². The molecular weight excluding hydrogens is 388 g/mol. The fourth-order valence-electron chi connectivity index (χ4n) is 2.97. The quantitative estimate of drug-likeness (QED) is 0.270. The number of nitrogens with zero attached hydrogens (tertiary/aromatic N) is 2. The van der Waals surface area contributed by atoms with Crippen LogP contribution in [0.3, 0.4) is 0 Å². The maximum atomic E-state index is 12.5. The number of para-hydroxylation sites is 1. The molecule has 1 unspecified atom stereocenters. The Morgan fingerprint density at radius 2 is 1.90 bits per heavy atom. The highest BCUT2D eigenvalue weighted by molar-refractivity contribution is 5.94. The normalized spacial score (nSPS) is 11.3. The number of urea groups is 1. The van der Waals surface area contributed by atoms with Gasteiger partial charge in [0.2, 0.25) is 5.91 Å². The van der Waals surface area contributed by atoms with Crippen LogP contribution in [0.1, 0.15) is 5.56 Å². The van der Waals surface area contributed by atoms with Gasteiger partial charge in [0.25, 0.3) is 5.69 Å². The van der Waals surface area contributed by atoms with Gasteiger partial charge >= 0.3 is 6.03 Å². The minimum Gasteiger partial charge on any atom is -0.361 e. The molecule has 2 aromatic carbocycles. The van der Waals surface area contributed by atoms with Crippen molar-refractivity contribution >= 4 is 34.2 Å². The summed E-state index contributed by atoms with van der Waals surface area (Å²) in [6.45, 7) is -0.186. The number of amides is 3. The second-order valence-electron chi connectivity index (χ2n) is 6.39. The van der Waals surface area contributed by atoms with Gasteiger partial charge < -0.3 is 20.9 Å². The van der Waals surface area contributed by atoms with Gasteiger partial charge in [-0.1, -0.05) is 18.2 Å². The molecule has 0 saturated heterocycles. The summed E-state index contributed by atoms with van der Waals surface area (Å²) in [5, 5.41) is 28.0. The molecule has 0 fully saturated rings. The number of carbonyl (C=O) groups is 2. The zero-order valence-corrected chi connectivity index (χ0v) is 15.7.